The van der Waals surface area contributed by atoms with E-state index in [2.05, 4.69) is 39.1 Å². The van der Waals surface area contributed by atoms with Crippen molar-refractivity contribution in [3.63, 3.8) is 0 Å². The molecule has 0 saturated carbocycles. The van der Waals surface area contributed by atoms with Crippen molar-refractivity contribution in [1.82, 2.24) is 24.6 Å². The van der Waals surface area contributed by atoms with Crippen molar-refractivity contribution in [3.8, 4) is 34.1 Å². The standard InChI is InChI=1S/C24H24N6O/c1-29-7-5-20(6-8-29)31-23-4-3-16(9-17(23)11-25)22-14-27-24-21(22)10-18(12-26-24)19-13-28-30(2)15-19/h3-4,9-10,12-15,20H,5-8H2,1-2H3,(H,26,27). The molecule has 0 amide bonds. The summed E-state index contributed by atoms with van der Waals surface area (Å²) in [6.45, 7) is 2.04. The molecule has 0 aliphatic carbocycles. The SMILES string of the molecule is CN1CCC(Oc2ccc(-c3c[nH]c4ncc(-c5cnn(C)c5)cc34)cc2C#N)CC1. The first-order valence-electron chi connectivity index (χ1n) is 10.5. The number of nitrogens with one attached hydrogen (secondary N) is 1. The molecule has 1 aliphatic heterocycles. The van der Waals surface area contributed by atoms with Crippen LogP contribution in [0.4, 0.5) is 0 Å². The van der Waals surface area contributed by atoms with Crippen LogP contribution in [-0.4, -0.2) is 50.9 Å². The molecule has 5 rings (SSSR count). The van der Waals surface area contributed by atoms with Crippen molar-refractivity contribution in [2.24, 2.45) is 7.05 Å². The molecule has 3 aromatic heterocycles. The molecule has 0 atom stereocenters. The van der Waals surface area contributed by atoms with Gasteiger partial charge in [-0.25, -0.2) is 4.98 Å². The summed E-state index contributed by atoms with van der Waals surface area (Å²) in [5.41, 5.74) is 5.36. The molecule has 1 aliphatic rings. The second-order valence-electron chi connectivity index (χ2n) is 8.17. The van der Waals surface area contributed by atoms with E-state index in [-0.39, 0.29) is 6.10 Å². The Hall–Kier alpha value is -3.63. The molecule has 1 fully saturated rings. The number of aromatic amines is 1. The summed E-state index contributed by atoms with van der Waals surface area (Å²) in [7, 11) is 4.03. The van der Waals surface area contributed by atoms with Gasteiger partial charge in [0.1, 0.15) is 23.6 Å². The molecule has 4 aromatic rings. The van der Waals surface area contributed by atoms with Crippen molar-refractivity contribution in [2.75, 3.05) is 20.1 Å². The van der Waals surface area contributed by atoms with Gasteiger partial charge in [0.2, 0.25) is 0 Å². The van der Waals surface area contributed by atoms with Gasteiger partial charge in [-0.1, -0.05) is 6.07 Å². The fraction of sp³-hybridized carbons (Fsp3) is 0.292. The van der Waals surface area contributed by atoms with Crippen molar-refractivity contribution < 1.29 is 4.74 Å². The van der Waals surface area contributed by atoms with Gasteiger partial charge in [0.15, 0.2) is 0 Å². The van der Waals surface area contributed by atoms with Crippen molar-refractivity contribution in [1.29, 1.82) is 5.26 Å². The van der Waals surface area contributed by atoms with Crippen LogP contribution in [0.5, 0.6) is 5.75 Å². The number of benzene rings is 1. The Kier molecular flexibility index (Phi) is 4.92. The topological polar surface area (TPSA) is 82.8 Å². The molecular weight excluding hydrogens is 388 g/mol. The number of likely N-dealkylation sites (tertiary alicyclic amines) is 1. The van der Waals surface area contributed by atoms with Gasteiger partial charge in [-0.2, -0.15) is 10.4 Å². The lowest BCUT2D eigenvalue weighted by molar-refractivity contribution is 0.114. The van der Waals surface area contributed by atoms with E-state index in [9.17, 15) is 5.26 Å². The van der Waals surface area contributed by atoms with Crippen LogP contribution in [0.3, 0.4) is 0 Å². The zero-order valence-electron chi connectivity index (χ0n) is 17.7. The Morgan fingerprint density at radius 3 is 2.68 bits per heavy atom. The van der Waals surface area contributed by atoms with Crippen molar-refractivity contribution in [2.45, 2.75) is 18.9 Å². The molecule has 7 nitrogen and oxygen atoms in total. The molecule has 1 saturated heterocycles. The van der Waals surface area contributed by atoms with Gasteiger partial charge in [-0.3, -0.25) is 4.68 Å². The summed E-state index contributed by atoms with van der Waals surface area (Å²) in [6.07, 6.45) is 9.71. The summed E-state index contributed by atoms with van der Waals surface area (Å²) in [5.74, 6) is 0.662. The number of aromatic nitrogens is 4. The highest BCUT2D eigenvalue weighted by Gasteiger charge is 2.20. The van der Waals surface area contributed by atoms with Crippen LogP contribution in [0.25, 0.3) is 33.3 Å². The Morgan fingerprint density at radius 1 is 1.10 bits per heavy atom. The summed E-state index contributed by atoms with van der Waals surface area (Å²) in [4.78, 5) is 10.1. The van der Waals surface area contributed by atoms with E-state index in [4.69, 9.17) is 4.74 Å². The van der Waals surface area contributed by atoms with E-state index in [0.717, 1.165) is 59.2 Å². The van der Waals surface area contributed by atoms with Crippen LogP contribution >= 0.6 is 0 Å². The lowest BCUT2D eigenvalue weighted by atomic mass is 10.0. The minimum absolute atomic E-state index is 0.161. The van der Waals surface area contributed by atoms with Gasteiger partial charge in [-0.15, -0.1) is 0 Å². The highest BCUT2D eigenvalue weighted by atomic mass is 16.5. The van der Waals surface area contributed by atoms with Gasteiger partial charge in [0, 0.05) is 60.8 Å². The fourth-order valence-corrected chi connectivity index (χ4v) is 4.14. The third-order valence-electron chi connectivity index (χ3n) is 5.94. The molecular formula is C24H24N6O. The van der Waals surface area contributed by atoms with E-state index in [1.807, 2.05) is 50.0 Å². The number of pyridine rings is 1. The van der Waals surface area contributed by atoms with Gasteiger partial charge >= 0.3 is 0 Å². The minimum Gasteiger partial charge on any atom is -0.489 e. The molecule has 156 valence electrons. The first-order chi connectivity index (χ1) is 15.1. The maximum Gasteiger partial charge on any atom is 0.137 e. The fourth-order valence-electron chi connectivity index (χ4n) is 4.14. The largest absolute Gasteiger partial charge is 0.489 e. The predicted octanol–water partition coefficient (Wildman–Crippen LogP) is 3.98. The van der Waals surface area contributed by atoms with E-state index >= 15 is 0 Å². The average molecular weight is 412 g/mol. The molecule has 4 heterocycles. The molecule has 1 aromatic carbocycles. The number of H-pyrrole nitrogens is 1. The Morgan fingerprint density at radius 2 is 1.94 bits per heavy atom. The van der Waals surface area contributed by atoms with E-state index < -0.39 is 0 Å². The Bertz CT molecular complexity index is 1270. The monoisotopic (exact) mass is 412 g/mol. The van der Waals surface area contributed by atoms with Gasteiger partial charge in [-0.05, 0) is 43.7 Å². The molecule has 0 radical (unpaired) electrons. The summed E-state index contributed by atoms with van der Waals surface area (Å²) < 4.78 is 7.96. The van der Waals surface area contributed by atoms with Gasteiger partial charge in [0.05, 0.1) is 11.8 Å². The number of aryl methyl sites for hydroxylation is 1. The summed E-state index contributed by atoms with van der Waals surface area (Å²) in [5, 5.41) is 15.0. The number of nitrogens with zero attached hydrogens (tertiary/aromatic N) is 5. The highest BCUT2D eigenvalue weighted by molar-refractivity contribution is 5.96. The quantitative estimate of drug-likeness (QED) is 0.548. The molecule has 0 spiro atoms. The summed E-state index contributed by atoms with van der Waals surface area (Å²) >= 11 is 0. The maximum atomic E-state index is 9.75. The van der Waals surface area contributed by atoms with E-state index in [1.165, 1.54) is 0 Å². The second kappa shape index (κ2) is 7.89. The molecule has 31 heavy (non-hydrogen) atoms. The Balaban J connectivity index is 1.47. The smallest absolute Gasteiger partial charge is 0.137 e. The lowest BCUT2D eigenvalue weighted by Crippen LogP contribution is -2.35. The van der Waals surface area contributed by atoms with E-state index in [0.29, 0.717) is 11.3 Å². The van der Waals surface area contributed by atoms with E-state index in [1.54, 1.807) is 4.68 Å². The number of nitriles is 1. The maximum absolute atomic E-state index is 9.75. The number of hydrogen-bond acceptors (Lipinski definition) is 5. The molecule has 1 N–H and O–H groups in total. The third-order valence-corrected chi connectivity index (χ3v) is 5.94. The number of ether oxygens (including phenoxy) is 1. The van der Waals surface area contributed by atoms with Crippen LogP contribution in [-0.2, 0) is 7.05 Å². The van der Waals surface area contributed by atoms with Crippen molar-refractivity contribution >= 4 is 11.0 Å². The number of fused-ring (bicyclic) bond motifs is 1. The van der Waals surface area contributed by atoms with Gasteiger partial charge < -0.3 is 14.6 Å². The van der Waals surface area contributed by atoms with Gasteiger partial charge in [0.25, 0.3) is 0 Å². The average Bonchev–Trinajstić information content (AvgIpc) is 3.41. The first-order valence-corrected chi connectivity index (χ1v) is 10.5. The predicted molar refractivity (Wildman–Crippen MR) is 120 cm³/mol. The second-order valence-corrected chi connectivity index (χ2v) is 8.17. The van der Waals surface area contributed by atoms with Crippen LogP contribution in [0.1, 0.15) is 18.4 Å². The highest BCUT2D eigenvalue weighted by Crippen LogP contribution is 2.34. The number of piperidine rings is 1. The normalized spacial score (nSPS) is 15.3. The van der Waals surface area contributed by atoms with Crippen LogP contribution in [0.2, 0.25) is 0 Å². The minimum atomic E-state index is 0.161. The van der Waals surface area contributed by atoms with Crippen LogP contribution in [0, 0.1) is 11.3 Å². The van der Waals surface area contributed by atoms with Crippen molar-refractivity contribution in [3.05, 3.63) is 54.6 Å². The number of rotatable bonds is 4. The van der Waals surface area contributed by atoms with Crippen LogP contribution < -0.4 is 4.74 Å². The molecule has 7 heteroatoms. The van der Waals surface area contributed by atoms with Crippen LogP contribution in [0.15, 0.2) is 49.1 Å². The molecule has 0 unspecified atom stereocenters. The lowest BCUT2D eigenvalue weighted by Gasteiger charge is -2.29. The number of hydrogen-bond donors (Lipinski definition) is 1. The Labute approximate surface area is 180 Å². The first kappa shape index (κ1) is 19.3. The zero-order valence-corrected chi connectivity index (χ0v) is 17.7. The molecule has 0 bridgehead atoms. The third kappa shape index (κ3) is 3.78. The summed E-state index contributed by atoms with van der Waals surface area (Å²) in [6, 6.07) is 10.3. The zero-order chi connectivity index (χ0) is 21.4.